The third kappa shape index (κ3) is 4.21. The van der Waals surface area contributed by atoms with Gasteiger partial charge in [-0.15, -0.1) is 0 Å². The molecule has 0 bridgehead atoms. The van der Waals surface area contributed by atoms with Crippen LogP contribution in [0.4, 0.5) is 5.69 Å². The molecule has 0 atom stereocenters. The fourth-order valence-electron chi connectivity index (χ4n) is 4.12. The lowest BCUT2D eigenvalue weighted by atomic mass is 9.48. The molecular weight excluding hydrogens is 497 g/mol. The zero-order valence-electron chi connectivity index (χ0n) is 17.3. The van der Waals surface area contributed by atoms with Crippen molar-refractivity contribution >= 4 is 49.9 Å². The Bertz CT molecular complexity index is 1110. The van der Waals surface area contributed by atoms with Gasteiger partial charge in [0.25, 0.3) is 0 Å². The molecular formula is C26H24BBr2N. The number of allylic oxidation sites excluding steroid dienone is 7. The Hall–Kier alpha value is -2.04. The molecule has 0 N–H and O–H groups in total. The number of hydrogen-bond donors (Lipinski definition) is 0. The van der Waals surface area contributed by atoms with Crippen LogP contribution in [0.2, 0.25) is 0 Å². The first-order chi connectivity index (χ1) is 14.6. The summed E-state index contributed by atoms with van der Waals surface area (Å²) >= 11 is 7.35. The first-order valence-corrected chi connectivity index (χ1v) is 11.9. The molecule has 0 unspecified atom stereocenters. The van der Waals surface area contributed by atoms with E-state index >= 15 is 0 Å². The second-order valence-corrected chi connectivity index (χ2v) is 9.31. The highest BCUT2D eigenvalue weighted by Crippen LogP contribution is 2.40. The molecule has 2 aliphatic rings. The molecule has 2 aromatic rings. The van der Waals surface area contributed by atoms with Crippen molar-refractivity contribution in [3.8, 4) is 11.1 Å². The van der Waals surface area contributed by atoms with Gasteiger partial charge < -0.3 is 4.81 Å². The predicted molar refractivity (Wildman–Crippen MR) is 140 cm³/mol. The quantitative estimate of drug-likeness (QED) is 0.300. The second kappa shape index (κ2) is 9.41. The van der Waals surface area contributed by atoms with Crippen LogP contribution in [0, 0.1) is 0 Å². The lowest BCUT2D eigenvalue weighted by Crippen LogP contribution is -2.53. The van der Waals surface area contributed by atoms with Crippen molar-refractivity contribution < 1.29 is 0 Å². The Morgan fingerprint density at radius 3 is 2.77 bits per heavy atom. The SMILES string of the molecule is C/C=C(Br)\C=C1/CN2B(C=C1/C=C\C=C/CC)c1ccccc1-c1cc(Br)ccc12. The molecule has 0 aromatic heterocycles. The van der Waals surface area contributed by atoms with Crippen molar-refractivity contribution in [2.75, 3.05) is 11.4 Å². The Kier molecular flexibility index (Phi) is 6.65. The third-order valence-electron chi connectivity index (χ3n) is 5.57. The summed E-state index contributed by atoms with van der Waals surface area (Å²) in [5.74, 6) is 2.41. The van der Waals surface area contributed by atoms with Gasteiger partial charge in [0.1, 0.15) is 0 Å². The highest BCUT2D eigenvalue weighted by Gasteiger charge is 2.36. The van der Waals surface area contributed by atoms with E-state index in [9.17, 15) is 0 Å². The molecule has 4 heteroatoms. The van der Waals surface area contributed by atoms with Crippen molar-refractivity contribution in [2.24, 2.45) is 0 Å². The summed E-state index contributed by atoms with van der Waals surface area (Å²) in [5.41, 5.74) is 7.86. The zero-order valence-corrected chi connectivity index (χ0v) is 20.4. The molecule has 0 radical (unpaired) electrons. The molecule has 1 nitrogen and oxygen atoms in total. The van der Waals surface area contributed by atoms with Crippen molar-refractivity contribution in [2.45, 2.75) is 20.3 Å². The molecule has 2 aliphatic heterocycles. The summed E-state index contributed by atoms with van der Waals surface area (Å²) in [6, 6.07) is 15.4. The van der Waals surface area contributed by atoms with Gasteiger partial charge in [0.2, 0.25) is 0 Å². The van der Waals surface area contributed by atoms with Crippen molar-refractivity contribution in [1.82, 2.24) is 0 Å². The number of fused-ring (bicyclic) bond motifs is 6. The van der Waals surface area contributed by atoms with Gasteiger partial charge in [-0.25, -0.2) is 0 Å². The fraction of sp³-hybridized carbons (Fsp3) is 0.154. The summed E-state index contributed by atoms with van der Waals surface area (Å²) in [4.78, 5) is 2.52. The number of rotatable bonds is 4. The van der Waals surface area contributed by atoms with Gasteiger partial charge in [-0.3, -0.25) is 0 Å². The van der Waals surface area contributed by atoms with E-state index in [4.69, 9.17) is 0 Å². The maximum Gasteiger partial charge on any atom is 0.317 e. The lowest BCUT2D eigenvalue weighted by molar-refractivity contribution is 1.09. The summed E-state index contributed by atoms with van der Waals surface area (Å²) in [7, 11) is 0. The summed E-state index contributed by atoms with van der Waals surface area (Å²) in [5, 5.41) is 0. The van der Waals surface area contributed by atoms with Crippen LogP contribution in [0.5, 0.6) is 0 Å². The Morgan fingerprint density at radius 1 is 1.13 bits per heavy atom. The lowest BCUT2D eigenvalue weighted by Gasteiger charge is -2.41. The molecule has 2 aromatic carbocycles. The van der Waals surface area contributed by atoms with E-state index in [2.05, 4.69) is 135 Å². The minimum atomic E-state index is 0.228. The average molecular weight is 521 g/mol. The van der Waals surface area contributed by atoms with Crippen LogP contribution in [0.15, 0.2) is 105 Å². The summed E-state index contributed by atoms with van der Waals surface area (Å²) in [6.45, 7) is 5.31. The zero-order chi connectivity index (χ0) is 21.1. The highest BCUT2D eigenvalue weighted by molar-refractivity contribution is 9.12. The molecule has 30 heavy (non-hydrogen) atoms. The third-order valence-corrected chi connectivity index (χ3v) is 6.75. The van der Waals surface area contributed by atoms with E-state index in [0.717, 1.165) is 21.9 Å². The standard InChI is InChI=1S/C26H24BBr2N/c1-3-5-6-7-10-19-17-27-25-12-9-8-11-23(25)24-16-22(29)13-14-26(24)30(27)18-20(19)15-21(28)4-2/h4-17H,3,18H2,1-2H3/b6-5-,10-7-,20-15+,21-4+. The molecule has 0 fully saturated rings. The van der Waals surface area contributed by atoms with E-state index in [1.165, 1.54) is 33.4 Å². The van der Waals surface area contributed by atoms with Gasteiger partial charge in [0.15, 0.2) is 0 Å². The van der Waals surface area contributed by atoms with Crippen LogP contribution in [0.25, 0.3) is 11.1 Å². The van der Waals surface area contributed by atoms with Crippen LogP contribution in [0.1, 0.15) is 20.3 Å². The Labute approximate surface area is 196 Å². The predicted octanol–water partition coefficient (Wildman–Crippen LogP) is 7.36. The van der Waals surface area contributed by atoms with E-state index in [1.54, 1.807) is 0 Å². The molecule has 0 aliphatic carbocycles. The summed E-state index contributed by atoms with van der Waals surface area (Å²) in [6.07, 6.45) is 14.1. The van der Waals surface area contributed by atoms with Gasteiger partial charge >= 0.3 is 6.85 Å². The number of halogens is 2. The first-order valence-electron chi connectivity index (χ1n) is 10.4. The maximum atomic E-state index is 3.68. The smallest absolute Gasteiger partial charge is 0.317 e. The van der Waals surface area contributed by atoms with Crippen LogP contribution in [-0.4, -0.2) is 13.4 Å². The minimum absolute atomic E-state index is 0.228. The van der Waals surface area contributed by atoms with Gasteiger partial charge in [0.05, 0.1) is 0 Å². The fourth-order valence-corrected chi connectivity index (χ4v) is 4.76. The second-order valence-electron chi connectivity index (χ2n) is 7.48. The van der Waals surface area contributed by atoms with E-state index in [1.807, 2.05) is 0 Å². The molecule has 4 rings (SSSR count). The molecule has 150 valence electrons. The molecule has 0 amide bonds. The summed E-state index contributed by atoms with van der Waals surface area (Å²) < 4.78 is 2.22. The molecule has 0 saturated carbocycles. The van der Waals surface area contributed by atoms with Crippen molar-refractivity contribution in [3.63, 3.8) is 0 Å². The van der Waals surface area contributed by atoms with E-state index < -0.39 is 0 Å². The van der Waals surface area contributed by atoms with Gasteiger partial charge in [-0.2, -0.15) is 0 Å². The number of hydrogen-bond acceptors (Lipinski definition) is 1. The normalized spacial score (nSPS) is 17.4. The van der Waals surface area contributed by atoms with E-state index in [0.29, 0.717) is 0 Å². The van der Waals surface area contributed by atoms with Crippen LogP contribution < -0.4 is 10.3 Å². The van der Waals surface area contributed by atoms with Crippen molar-refractivity contribution in [1.29, 1.82) is 0 Å². The molecule has 0 spiro atoms. The van der Waals surface area contributed by atoms with Gasteiger partial charge in [-0.05, 0) is 59.8 Å². The monoisotopic (exact) mass is 519 g/mol. The number of nitrogens with zero attached hydrogens (tertiary/aromatic N) is 1. The number of anilines is 1. The Balaban J connectivity index is 1.88. The van der Waals surface area contributed by atoms with Crippen LogP contribution in [0.3, 0.4) is 0 Å². The number of benzene rings is 2. The van der Waals surface area contributed by atoms with Crippen molar-refractivity contribution in [3.05, 3.63) is 105 Å². The highest BCUT2D eigenvalue weighted by atomic mass is 79.9. The largest absolute Gasteiger partial charge is 0.403 e. The van der Waals surface area contributed by atoms with Crippen LogP contribution >= 0.6 is 31.9 Å². The Morgan fingerprint density at radius 2 is 1.97 bits per heavy atom. The topological polar surface area (TPSA) is 3.24 Å². The molecule has 2 heterocycles. The van der Waals surface area contributed by atoms with Crippen LogP contribution in [-0.2, 0) is 0 Å². The van der Waals surface area contributed by atoms with Gasteiger partial charge in [0, 0.05) is 26.8 Å². The average Bonchev–Trinajstić information content (AvgIpc) is 2.77. The minimum Gasteiger partial charge on any atom is -0.403 e. The van der Waals surface area contributed by atoms with Gasteiger partial charge in [-0.1, -0.05) is 99.4 Å². The maximum absolute atomic E-state index is 3.68. The van der Waals surface area contributed by atoms with E-state index in [-0.39, 0.29) is 6.85 Å². The first kappa shape index (κ1) is 21.2. The molecule has 0 saturated heterocycles.